The van der Waals surface area contributed by atoms with Crippen LogP contribution in [0.1, 0.15) is 28.9 Å². The van der Waals surface area contributed by atoms with Gasteiger partial charge in [0, 0.05) is 19.7 Å². The average Bonchev–Trinajstić information content (AvgIpc) is 3.13. The van der Waals surface area contributed by atoms with Gasteiger partial charge in [0.2, 0.25) is 0 Å². The summed E-state index contributed by atoms with van der Waals surface area (Å²) in [5, 5.41) is 6.03. The number of carbonyl (C=O) groups is 1. The van der Waals surface area contributed by atoms with E-state index in [-0.39, 0.29) is 17.8 Å². The van der Waals surface area contributed by atoms with Gasteiger partial charge in [-0.1, -0.05) is 12.1 Å². The van der Waals surface area contributed by atoms with Crippen LogP contribution in [0.4, 0.5) is 10.1 Å². The summed E-state index contributed by atoms with van der Waals surface area (Å²) in [7, 11) is 0. The quantitative estimate of drug-likeness (QED) is 0.855. The first-order valence-corrected chi connectivity index (χ1v) is 8.05. The normalized spacial score (nSPS) is 16.8. The van der Waals surface area contributed by atoms with Crippen LogP contribution in [-0.4, -0.2) is 30.1 Å². The third-order valence-corrected chi connectivity index (χ3v) is 3.92. The van der Waals surface area contributed by atoms with Crippen LogP contribution >= 0.6 is 0 Å². The van der Waals surface area contributed by atoms with Gasteiger partial charge in [-0.2, -0.15) is 0 Å². The first kappa shape index (κ1) is 16.4. The zero-order chi connectivity index (χ0) is 16.8. The minimum atomic E-state index is -0.251. The molecule has 2 heterocycles. The van der Waals surface area contributed by atoms with Gasteiger partial charge in [-0.05, 0) is 42.7 Å². The summed E-state index contributed by atoms with van der Waals surface area (Å²) < 4.78 is 18.3. The second-order valence-corrected chi connectivity index (χ2v) is 5.76. The van der Waals surface area contributed by atoms with Gasteiger partial charge >= 0.3 is 0 Å². The molecule has 1 unspecified atom stereocenters. The van der Waals surface area contributed by atoms with Crippen molar-refractivity contribution in [1.29, 1.82) is 0 Å². The first-order chi connectivity index (χ1) is 11.7. The van der Waals surface area contributed by atoms with Crippen LogP contribution in [0.5, 0.6) is 0 Å². The van der Waals surface area contributed by atoms with Gasteiger partial charge in [0.05, 0.1) is 18.0 Å². The van der Waals surface area contributed by atoms with E-state index in [1.807, 2.05) is 0 Å². The standard InChI is InChI=1S/C18H20FN3O2/c19-14-5-3-13(4-6-14)10-20-15-7-8-17(21-11-15)18(23)22-12-16-2-1-9-24-16/h3-8,11,16,20H,1-2,9-10,12H2,(H,22,23). The molecule has 1 atom stereocenters. The smallest absolute Gasteiger partial charge is 0.269 e. The third-order valence-electron chi connectivity index (χ3n) is 3.92. The molecule has 0 radical (unpaired) electrons. The van der Waals surface area contributed by atoms with Crippen molar-refractivity contribution in [2.45, 2.75) is 25.5 Å². The lowest BCUT2D eigenvalue weighted by Gasteiger charge is -2.11. The van der Waals surface area contributed by atoms with Crippen molar-refractivity contribution in [2.24, 2.45) is 0 Å². The summed E-state index contributed by atoms with van der Waals surface area (Å²) in [6.45, 7) is 1.85. The Hall–Kier alpha value is -2.47. The average molecular weight is 329 g/mol. The van der Waals surface area contributed by atoms with Crippen LogP contribution < -0.4 is 10.6 Å². The van der Waals surface area contributed by atoms with Gasteiger partial charge in [0.1, 0.15) is 11.5 Å². The predicted molar refractivity (Wildman–Crippen MR) is 89.3 cm³/mol. The van der Waals surface area contributed by atoms with Gasteiger partial charge in [-0.3, -0.25) is 4.79 Å². The number of rotatable bonds is 6. The van der Waals surface area contributed by atoms with E-state index in [9.17, 15) is 9.18 Å². The Labute approximate surface area is 140 Å². The fourth-order valence-corrected chi connectivity index (χ4v) is 2.54. The molecule has 126 valence electrons. The maximum atomic E-state index is 12.9. The van der Waals surface area contributed by atoms with E-state index in [0.29, 0.717) is 18.8 Å². The molecule has 1 aliphatic rings. The highest BCUT2D eigenvalue weighted by molar-refractivity contribution is 5.92. The number of amides is 1. The molecule has 1 fully saturated rings. The van der Waals surface area contributed by atoms with E-state index < -0.39 is 0 Å². The molecule has 1 aromatic carbocycles. The third kappa shape index (κ3) is 4.52. The Morgan fingerprint density at radius 3 is 2.75 bits per heavy atom. The maximum absolute atomic E-state index is 12.9. The van der Waals surface area contributed by atoms with Crippen molar-refractivity contribution in [3.05, 3.63) is 59.7 Å². The van der Waals surface area contributed by atoms with Crippen LogP contribution in [0, 0.1) is 5.82 Å². The molecular formula is C18H20FN3O2. The first-order valence-electron chi connectivity index (χ1n) is 8.05. The highest BCUT2D eigenvalue weighted by atomic mass is 19.1. The minimum absolute atomic E-state index is 0.116. The summed E-state index contributed by atoms with van der Waals surface area (Å²) in [5.74, 6) is -0.450. The van der Waals surface area contributed by atoms with E-state index in [0.717, 1.165) is 30.7 Å². The Bertz CT molecular complexity index is 668. The number of nitrogens with one attached hydrogen (secondary N) is 2. The van der Waals surface area contributed by atoms with Gasteiger partial charge in [0.25, 0.3) is 5.91 Å². The monoisotopic (exact) mass is 329 g/mol. The largest absolute Gasteiger partial charge is 0.380 e. The SMILES string of the molecule is O=C(NCC1CCCO1)c1ccc(NCc2ccc(F)cc2)cn1. The Kier molecular flexibility index (Phi) is 5.38. The summed E-state index contributed by atoms with van der Waals surface area (Å²) in [6, 6.07) is 9.79. The number of benzene rings is 1. The van der Waals surface area contributed by atoms with E-state index in [4.69, 9.17) is 4.74 Å². The van der Waals surface area contributed by atoms with Crippen molar-refractivity contribution in [3.63, 3.8) is 0 Å². The Morgan fingerprint density at radius 1 is 1.25 bits per heavy atom. The summed E-state index contributed by atoms with van der Waals surface area (Å²) in [4.78, 5) is 16.2. The van der Waals surface area contributed by atoms with Crippen LogP contribution in [-0.2, 0) is 11.3 Å². The van der Waals surface area contributed by atoms with Crippen LogP contribution in [0.25, 0.3) is 0 Å². The van der Waals surface area contributed by atoms with Gasteiger partial charge in [0.15, 0.2) is 0 Å². The molecule has 1 aliphatic heterocycles. The fourth-order valence-electron chi connectivity index (χ4n) is 2.54. The van der Waals surface area contributed by atoms with E-state index in [1.165, 1.54) is 12.1 Å². The molecular weight excluding hydrogens is 309 g/mol. The summed E-state index contributed by atoms with van der Waals surface area (Å²) in [5.41, 5.74) is 2.14. The lowest BCUT2D eigenvalue weighted by molar-refractivity contribution is 0.0854. The molecule has 2 aromatic rings. The van der Waals surface area contributed by atoms with E-state index in [1.54, 1.807) is 30.5 Å². The highest BCUT2D eigenvalue weighted by Crippen LogP contribution is 2.12. The molecule has 24 heavy (non-hydrogen) atoms. The predicted octanol–water partition coefficient (Wildman–Crippen LogP) is 2.74. The summed E-state index contributed by atoms with van der Waals surface area (Å²) >= 11 is 0. The molecule has 0 bridgehead atoms. The van der Waals surface area contributed by atoms with Gasteiger partial charge in [-0.15, -0.1) is 0 Å². The van der Waals surface area contributed by atoms with Gasteiger partial charge < -0.3 is 15.4 Å². The topological polar surface area (TPSA) is 63.2 Å². The van der Waals surface area contributed by atoms with E-state index >= 15 is 0 Å². The highest BCUT2D eigenvalue weighted by Gasteiger charge is 2.17. The lowest BCUT2D eigenvalue weighted by atomic mass is 10.2. The number of halogens is 1. The maximum Gasteiger partial charge on any atom is 0.269 e. The number of pyridine rings is 1. The zero-order valence-electron chi connectivity index (χ0n) is 13.3. The number of anilines is 1. The molecule has 0 spiro atoms. The van der Waals surface area contributed by atoms with Crippen molar-refractivity contribution >= 4 is 11.6 Å². The number of aromatic nitrogens is 1. The fraction of sp³-hybridized carbons (Fsp3) is 0.333. The van der Waals surface area contributed by atoms with Crippen molar-refractivity contribution in [1.82, 2.24) is 10.3 Å². The van der Waals surface area contributed by atoms with E-state index in [2.05, 4.69) is 15.6 Å². The van der Waals surface area contributed by atoms with Crippen molar-refractivity contribution < 1.29 is 13.9 Å². The molecule has 6 heteroatoms. The molecule has 0 aliphatic carbocycles. The summed E-state index contributed by atoms with van der Waals surface area (Å²) in [6.07, 6.45) is 3.77. The molecule has 2 N–H and O–H groups in total. The Balaban J connectivity index is 1.48. The molecule has 1 saturated heterocycles. The number of nitrogens with zero attached hydrogens (tertiary/aromatic N) is 1. The second-order valence-electron chi connectivity index (χ2n) is 5.76. The second kappa shape index (κ2) is 7.88. The zero-order valence-corrected chi connectivity index (χ0v) is 13.3. The van der Waals surface area contributed by atoms with Crippen molar-refractivity contribution in [2.75, 3.05) is 18.5 Å². The number of carbonyl (C=O) groups excluding carboxylic acids is 1. The number of hydrogen-bond donors (Lipinski definition) is 2. The lowest BCUT2D eigenvalue weighted by Crippen LogP contribution is -2.32. The molecule has 0 saturated carbocycles. The molecule has 5 nitrogen and oxygen atoms in total. The van der Waals surface area contributed by atoms with Crippen molar-refractivity contribution in [3.8, 4) is 0 Å². The van der Waals surface area contributed by atoms with Crippen LogP contribution in [0.3, 0.4) is 0 Å². The molecule has 3 rings (SSSR count). The number of ether oxygens (including phenoxy) is 1. The molecule has 1 aromatic heterocycles. The molecule has 1 amide bonds. The Morgan fingerprint density at radius 2 is 2.08 bits per heavy atom. The van der Waals surface area contributed by atoms with Gasteiger partial charge in [-0.25, -0.2) is 9.37 Å². The number of hydrogen-bond acceptors (Lipinski definition) is 4. The minimum Gasteiger partial charge on any atom is -0.380 e. The van der Waals surface area contributed by atoms with Crippen LogP contribution in [0.2, 0.25) is 0 Å². The van der Waals surface area contributed by atoms with Crippen LogP contribution in [0.15, 0.2) is 42.6 Å².